The highest BCUT2D eigenvalue weighted by Crippen LogP contribution is 2.86. The minimum atomic E-state index is -0.502. The van der Waals surface area contributed by atoms with Gasteiger partial charge in [-0.15, -0.1) is 0 Å². The van der Waals surface area contributed by atoms with Crippen molar-refractivity contribution in [3.8, 4) is 11.5 Å². The van der Waals surface area contributed by atoms with Crippen LogP contribution in [0.15, 0.2) is 24.3 Å². The molecule has 0 atom stereocenters. The van der Waals surface area contributed by atoms with Crippen molar-refractivity contribution in [1.29, 1.82) is 0 Å². The van der Waals surface area contributed by atoms with Crippen LogP contribution in [0.5, 0.6) is 11.5 Å². The summed E-state index contributed by atoms with van der Waals surface area (Å²) in [5.74, 6) is 0.779. The molecule has 30 aromatic rings. The summed E-state index contributed by atoms with van der Waals surface area (Å²) in [5, 5.41) is 114. The van der Waals surface area contributed by atoms with Gasteiger partial charge in [-0.05, 0) is 326 Å². The lowest BCUT2D eigenvalue weighted by Crippen LogP contribution is -2.56. The maximum Gasteiger partial charge on any atom is 0.127 e. The first-order valence-electron chi connectivity index (χ1n) is 27.4. The van der Waals surface area contributed by atoms with Gasteiger partial charge in [-0.2, -0.15) is 0 Å². The van der Waals surface area contributed by atoms with Gasteiger partial charge in [-0.1, -0.05) is 24.3 Å². The summed E-state index contributed by atoms with van der Waals surface area (Å²) in [5.41, 5.74) is 7.44. The molecule has 30 aromatic carbocycles. The molecular formula is C72H10O2. The standard InChI is InChI=1S/C72H10O2/c73-69-7-3-1-2-4-8(7)70(74)10-6-72-67-59-51-41-31-23-15-12-11-13-17-19(15)27-33-25(17)35-29-21(13)22-14(11)18-20-16(12)24(23)32-38-28(20)34-26(18)36-30(22)40-39(29)49-43(35)53-47(33)55(45(51)37(27)31)63(67)61(53)65-57(49)58-50(40)44(36)54-48(34)56-46(38)52(42(32)41)60(59)68(72)64(56)62(54)66(58)71(65,72)5-9(10)69/h1-4,73-74H,5-6H2. The zero-order valence-corrected chi connectivity index (χ0v) is 37.6. The molecular weight excluding hydrogens is 897 g/mol. The van der Waals surface area contributed by atoms with Gasteiger partial charge in [0.2, 0.25) is 0 Å². The molecule has 0 amide bonds. The Morgan fingerprint density at radius 2 is 0.338 bits per heavy atom. The number of phenolic OH excluding ortho intramolecular Hbond substituents is 2. The van der Waals surface area contributed by atoms with Gasteiger partial charge in [0, 0.05) is 32.7 Å². The molecule has 310 valence electrons. The van der Waals surface area contributed by atoms with Crippen molar-refractivity contribution in [3.05, 3.63) is 57.6 Å². The Hall–Kier alpha value is -9.24. The fourth-order valence-electron chi connectivity index (χ4n) is 26.6. The average Bonchev–Trinajstić information content (AvgIpc) is 3.91. The summed E-state index contributed by atoms with van der Waals surface area (Å²) in [6.07, 6.45) is 1.37. The first kappa shape index (κ1) is 27.5. The fourth-order valence-corrected chi connectivity index (χ4v) is 26.6. The van der Waals surface area contributed by atoms with Crippen LogP contribution in [-0.4, -0.2) is 10.2 Å². The van der Waals surface area contributed by atoms with E-state index in [1.54, 1.807) is 313 Å². The topological polar surface area (TPSA) is 40.5 Å². The van der Waals surface area contributed by atoms with E-state index in [9.17, 15) is 10.2 Å². The monoisotopic (exact) mass is 906 g/mol. The number of benzene rings is 20. The highest BCUT2D eigenvalue weighted by molar-refractivity contribution is 6.82. The van der Waals surface area contributed by atoms with Crippen LogP contribution in [-0.2, 0) is 23.7 Å². The third kappa shape index (κ3) is 1.46. The van der Waals surface area contributed by atoms with E-state index in [4.69, 9.17) is 0 Å². The van der Waals surface area contributed by atoms with Crippen molar-refractivity contribution in [1.82, 2.24) is 0 Å². The molecule has 2 spiro atoms. The molecule has 74 heavy (non-hydrogen) atoms. The van der Waals surface area contributed by atoms with Crippen molar-refractivity contribution >= 4 is 302 Å². The summed E-state index contributed by atoms with van der Waals surface area (Å²) in [6.45, 7) is 0. The van der Waals surface area contributed by atoms with E-state index in [-0.39, 0.29) is 0 Å². The molecule has 0 heterocycles. The molecule has 0 saturated carbocycles. The van der Waals surface area contributed by atoms with E-state index >= 15 is 0 Å². The predicted molar refractivity (Wildman–Crippen MR) is 309 cm³/mol. The second-order valence-electron chi connectivity index (χ2n) is 27.1. The van der Waals surface area contributed by atoms with Crippen LogP contribution in [0.2, 0.25) is 0 Å². The highest BCUT2D eigenvalue weighted by Gasteiger charge is 2.71. The molecule has 0 unspecified atom stereocenters. The molecule has 2 heteroatoms. The molecule has 0 fully saturated rings. The highest BCUT2D eigenvalue weighted by atomic mass is 16.3. The van der Waals surface area contributed by atoms with Crippen LogP contribution in [0.1, 0.15) is 33.4 Å². The van der Waals surface area contributed by atoms with Crippen LogP contribution < -0.4 is 0 Å². The van der Waals surface area contributed by atoms with Crippen LogP contribution in [0, 0.1) is 0 Å². The number of rotatable bonds is 0. The predicted octanol–water partition coefficient (Wildman–Crippen LogP) is 18.7. The Kier molecular flexibility index (Phi) is 2.32. The van der Waals surface area contributed by atoms with Crippen molar-refractivity contribution in [2.45, 2.75) is 23.7 Å². The Labute approximate surface area is 402 Å². The Balaban J connectivity index is 1.12. The zero-order valence-electron chi connectivity index (χ0n) is 37.6. The molecule has 35 rings (SSSR count). The van der Waals surface area contributed by atoms with E-state index in [2.05, 4.69) is 12.1 Å². The van der Waals surface area contributed by atoms with Gasteiger partial charge >= 0.3 is 0 Å². The summed E-state index contributed by atoms with van der Waals surface area (Å²) in [6, 6.07) is 8.21. The molecule has 0 aliphatic heterocycles. The van der Waals surface area contributed by atoms with E-state index in [0.717, 1.165) is 21.9 Å². The van der Waals surface area contributed by atoms with Gasteiger partial charge in [0.05, 0.1) is 0 Å². The first-order chi connectivity index (χ1) is 36.7. The lowest BCUT2D eigenvalue weighted by Gasteiger charge is -2.57. The average molecular weight is 907 g/mol. The summed E-state index contributed by atoms with van der Waals surface area (Å²) in [4.78, 5) is 0. The molecule has 2 nitrogen and oxygen atoms in total. The lowest BCUT2D eigenvalue weighted by molar-refractivity contribution is 0.288. The Morgan fingerprint density at radius 1 is 0.203 bits per heavy atom. The van der Waals surface area contributed by atoms with Crippen LogP contribution in [0.25, 0.3) is 302 Å². The molecule has 5 aliphatic rings. The molecule has 2 N–H and O–H groups in total. The zero-order chi connectivity index (χ0) is 44.2. The second kappa shape index (κ2) is 6.23. The maximum atomic E-state index is 13.2. The van der Waals surface area contributed by atoms with Gasteiger partial charge in [0.25, 0.3) is 0 Å². The van der Waals surface area contributed by atoms with Gasteiger partial charge in [-0.25, -0.2) is 0 Å². The van der Waals surface area contributed by atoms with E-state index in [0.29, 0.717) is 24.3 Å². The minimum Gasteiger partial charge on any atom is -0.507 e. The van der Waals surface area contributed by atoms with Gasteiger partial charge in [-0.3, -0.25) is 0 Å². The number of aromatic hydroxyl groups is 2. The lowest BCUT2D eigenvalue weighted by atomic mass is 9.43. The Morgan fingerprint density at radius 3 is 0.486 bits per heavy atom. The van der Waals surface area contributed by atoms with Crippen LogP contribution in [0.3, 0.4) is 0 Å². The number of fused-ring (bicyclic) bond motifs is 2. The van der Waals surface area contributed by atoms with Gasteiger partial charge < -0.3 is 10.2 Å². The molecule has 0 saturated heterocycles. The molecule has 0 bridgehead atoms. The van der Waals surface area contributed by atoms with E-state index in [1.165, 1.54) is 0 Å². The minimum absolute atomic E-state index is 0.390. The fraction of sp³-hybridized carbons (Fsp3) is 0.0556. The van der Waals surface area contributed by atoms with E-state index in [1.807, 2.05) is 12.1 Å². The Bertz CT molecular complexity index is 7220. The van der Waals surface area contributed by atoms with E-state index < -0.39 is 10.8 Å². The summed E-state index contributed by atoms with van der Waals surface area (Å²) < 4.78 is 0. The molecule has 5 aliphatic carbocycles. The number of hydrogen-bond acceptors (Lipinski definition) is 2. The normalized spacial score (nSPS) is 21.9. The van der Waals surface area contributed by atoms with Crippen molar-refractivity contribution in [2.75, 3.05) is 0 Å². The largest absolute Gasteiger partial charge is 0.507 e. The number of phenols is 2. The second-order valence-corrected chi connectivity index (χ2v) is 27.1. The summed E-state index contributed by atoms with van der Waals surface area (Å²) in [7, 11) is 0. The van der Waals surface area contributed by atoms with Crippen molar-refractivity contribution in [2.24, 2.45) is 0 Å². The third-order valence-corrected chi connectivity index (χ3v) is 26.9. The van der Waals surface area contributed by atoms with Crippen LogP contribution in [0.4, 0.5) is 0 Å². The van der Waals surface area contributed by atoms with Crippen LogP contribution >= 0.6 is 0 Å². The number of hydrogen-bond donors (Lipinski definition) is 2. The molecule has 0 aromatic heterocycles. The third-order valence-electron chi connectivity index (χ3n) is 26.9. The first-order valence-corrected chi connectivity index (χ1v) is 27.4. The SMILES string of the molecule is Oc1c2c(c(O)c3ccccc13)CC13c4c5c6c7c8c9c(c%10c%11c1c1c4c4c%12c5c5c6c6c8c8c%13c9c9c%10c%10c%11c%11c1c1c4c4c%12c%12c5c5c6c8c6c8c%13c9c9c%10c%10c%11c1c1c4c4c%12c5c6c5c8c9c%10c1c45)C73C2. The quantitative estimate of drug-likeness (QED) is 0.118. The van der Waals surface area contributed by atoms with Gasteiger partial charge in [0.15, 0.2) is 0 Å². The molecule has 0 radical (unpaired) electrons. The van der Waals surface area contributed by atoms with Gasteiger partial charge in [0.1, 0.15) is 11.5 Å². The van der Waals surface area contributed by atoms with Crippen molar-refractivity contribution < 1.29 is 10.2 Å². The van der Waals surface area contributed by atoms with Crippen molar-refractivity contribution in [3.63, 3.8) is 0 Å². The maximum absolute atomic E-state index is 13.2. The smallest absolute Gasteiger partial charge is 0.127 e. The summed E-state index contributed by atoms with van der Waals surface area (Å²) >= 11 is 0.